The Morgan fingerprint density at radius 2 is 1.83 bits per heavy atom. The van der Waals surface area contributed by atoms with Gasteiger partial charge < -0.3 is 15.0 Å². The van der Waals surface area contributed by atoms with Gasteiger partial charge in [0.1, 0.15) is 19.6 Å². The fraction of sp³-hybridized carbons (Fsp3) is 0.538. The predicted octanol–water partition coefficient (Wildman–Crippen LogP) is 0.600. The number of nitrogens with one attached hydrogen (secondary N) is 1. The van der Waals surface area contributed by atoms with Gasteiger partial charge in [0.15, 0.2) is 5.75 Å². The molecule has 18 heavy (non-hydrogen) atoms. The van der Waals surface area contributed by atoms with Gasteiger partial charge in [-0.05, 0) is 19.1 Å². The summed E-state index contributed by atoms with van der Waals surface area (Å²) in [4.78, 5) is 1.45. The number of quaternary nitrogens is 2. The summed E-state index contributed by atoms with van der Waals surface area (Å²) in [6.45, 7) is 5.59. The molecular formula is C13H22Cl2N2O+2. The lowest BCUT2D eigenvalue weighted by atomic mass is 10.2. The maximum absolute atomic E-state index is 6.15. The fourth-order valence-corrected chi connectivity index (χ4v) is 2.31. The lowest BCUT2D eigenvalue weighted by Gasteiger charge is -2.10. The van der Waals surface area contributed by atoms with Crippen molar-refractivity contribution in [2.75, 3.05) is 33.8 Å². The van der Waals surface area contributed by atoms with Crippen LogP contribution in [0.15, 0.2) is 12.1 Å². The standard InChI is InChI=1S/C13H20Cl2N2O/c1-4-18-13-11(14)7-10(8-12(13)15)9-16-5-6-17(2)3/h7-8,16H,4-6,9H2,1-3H3/p+2. The van der Waals surface area contributed by atoms with Gasteiger partial charge >= 0.3 is 0 Å². The number of hydrogen-bond acceptors (Lipinski definition) is 1. The molecule has 0 fully saturated rings. The van der Waals surface area contributed by atoms with Gasteiger partial charge in [0.25, 0.3) is 0 Å². The van der Waals surface area contributed by atoms with Crippen LogP contribution in [0.25, 0.3) is 0 Å². The first kappa shape index (κ1) is 15.6. The fourth-order valence-electron chi connectivity index (χ4n) is 1.67. The highest BCUT2D eigenvalue weighted by Gasteiger charge is 2.10. The number of rotatable bonds is 7. The van der Waals surface area contributed by atoms with Crippen molar-refractivity contribution in [2.24, 2.45) is 0 Å². The van der Waals surface area contributed by atoms with E-state index in [4.69, 9.17) is 27.9 Å². The molecule has 0 aliphatic heterocycles. The number of ether oxygens (including phenoxy) is 1. The monoisotopic (exact) mass is 292 g/mol. The van der Waals surface area contributed by atoms with Crippen LogP contribution in [0.5, 0.6) is 5.75 Å². The molecule has 0 saturated carbocycles. The van der Waals surface area contributed by atoms with Gasteiger partial charge in [0.05, 0.1) is 30.7 Å². The first-order valence-corrected chi connectivity index (χ1v) is 7.01. The Kier molecular flexibility index (Phi) is 6.79. The van der Waals surface area contributed by atoms with Crippen molar-refractivity contribution in [1.29, 1.82) is 0 Å². The predicted molar refractivity (Wildman–Crippen MR) is 75.8 cm³/mol. The van der Waals surface area contributed by atoms with Gasteiger partial charge in [0.2, 0.25) is 0 Å². The number of nitrogens with two attached hydrogens (primary N) is 1. The smallest absolute Gasteiger partial charge is 0.156 e. The van der Waals surface area contributed by atoms with Crippen molar-refractivity contribution in [3.05, 3.63) is 27.7 Å². The average Bonchev–Trinajstić information content (AvgIpc) is 2.29. The van der Waals surface area contributed by atoms with Gasteiger partial charge in [-0.15, -0.1) is 0 Å². The highest BCUT2D eigenvalue weighted by molar-refractivity contribution is 6.37. The molecule has 0 aromatic heterocycles. The van der Waals surface area contributed by atoms with Crippen molar-refractivity contribution >= 4 is 23.2 Å². The molecule has 0 amide bonds. The Labute approximate surface area is 119 Å². The summed E-state index contributed by atoms with van der Waals surface area (Å²) in [6, 6.07) is 3.86. The van der Waals surface area contributed by atoms with Crippen LogP contribution >= 0.6 is 23.2 Å². The van der Waals surface area contributed by atoms with Crippen molar-refractivity contribution in [3.8, 4) is 5.75 Å². The number of likely N-dealkylation sites (N-methyl/N-ethyl adjacent to an activating group) is 1. The molecule has 0 unspecified atom stereocenters. The SMILES string of the molecule is CCOc1c(Cl)cc(C[NH2+]CC[NH+](C)C)cc1Cl. The van der Waals surface area contributed by atoms with Gasteiger partial charge in [-0.2, -0.15) is 0 Å². The first-order chi connectivity index (χ1) is 8.54. The van der Waals surface area contributed by atoms with E-state index in [2.05, 4.69) is 19.4 Å². The quantitative estimate of drug-likeness (QED) is 0.709. The molecule has 3 N–H and O–H groups in total. The molecule has 3 nitrogen and oxygen atoms in total. The third kappa shape index (κ3) is 5.02. The summed E-state index contributed by atoms with van der Waals surface area (Å²) >= 11 is 12.3. The molecule has 0 radical (unpaired) electrons. The van der Waals surface area contributed by atoms with Crippen LogP contribution in [0.2, 0.25) is 10.0 Å². The Balaban J connectivity index is 2.57. The van der Waals surface area contributed by atoms with Crippen molar-refractivity contribution in [1.82, 2.24) is 0 Å². The van der Waals surface area contributed by atoms with Crippen LogP contribution in [-0.2, 0) is 6.54 Å². The zero-order chi connectivity index (χ0) is 13.5. The van der Waals surface area contributed by atoms with E-state index in [0.717, 1.165) is 25.2 Å². The van der Waals surface area contributed by atoms with Crippen LogP contribution in [0.1, 0.15) is 12.5 Å². The van der Waals surface area contributed by atoms with E-state index in [1.54, 1.807) is 0 Å². The molecule has 1 aromatic rings. The molecule has 0 saturated heterocycles. The minimum Gasteiger partial charge on any atom is -0.491 e. The molecule has 0 spiro atoms. The van der Waals surface area contributed by atoms with E-state index < -0.39 is 0 Å². The molecule has 1 aromatic carbocycles. The second-order valence-electron chi connectivity index (χ2n) is 4.56. The van der Waals surface area contributed by atoms with Crippen LogP contribution in [0.4, 0.5) is 0 Å². The van der Waals surface area contributed by atoms with E-state index >= 15 is 0 Å². The normalized spacial score (nSPS) is 11.0. The maximum Gasteiger partial charge on any atom is 0.156 e. The maximum atomic E-state index is 6.15. The second-order valence-corrected chi connectivity index (χ2v) is 5.37. The van der Waals surface area contributed by atoms with E-state index in [9.17, 15) is 0 Å². The Morgan fingerprint density at radius 3 is 2.33 bits per heavy atom. The molecule has 0 heterocycles. The zero-order valence-electron chi connectivity index (χ0n) is 11.2. The zero-order valence-corrected chi connectivity index (χ0v) is 12.7. The Morgan fingerprint density at radius 1 is 1.22 bits per heavy atom. The van der Waals surface area contributed by atoms with Crippen molar-refractivity contribution in [3.63, 3.8) is 0 Å². The van der Waals surface area contributed by atoms with E-state index in [1.807, 2.05) is 19.1 Å². The van der Waals surface area contributed by atoms with Gasteiger partial charge in [-0.3, -0.25) is 0 Å². The highest BCUT2D eigenvalue weighted by Crippen LogP contribution is 2.33. The van der Waals surface area contributed by atoms with Gasteiger partial charge in [-0.25, -0.2) is 0 Å². The lowest BCUT2D eigenvalue weighted by molar-refractivity contribution is -0.875. The average molecular weight is 293 g/mol. The van der Waals surface area contributed by atoms with Gasteiger partial charge in [-0.1, -0.05) is 23.2 Å². The Bertz CT molecular complexity index is 360. The summed E-state index contributed by atoms with van der Waals surface area (Å²) < 4.78 is 5.40. The van der Waals surface area contributed by atoms with Gasteiger partial charge in [0, 0.05) is 5.56 Å². The van der Waals surface area contributed by atoms with Crippen LogP contribution in [0, 0.1) is 0 Å². The van der Waals surface area contributed by atoms with Crippen molar-refractivity contribution in [2.45, 2.75) is 13.5 Å². The summed E-state index contributed by atoms with van der Waals surface area (Å²) in [5.74, 6) is 0.585. The molecule has 0 atom stereocenters. The molecule has 102 valence electrons. The molecule has 1 rings (SSSR count). The second kappa shape index (κ2) is 7.85. The summed E-state index contributed by atoms with van der Waals surface area (Å²) in [5.41, 5.74) is 1.13. The van der Waals surface area contributed by atoms with Crippen LogP contribution in [0.3, 0.4) is 0 Å². The van der Waals surface area contributed by atoms with Crippen molar-refractivity contribution < 1.29 is 15.0 Å². The van der Waals surface area contributed by atoms with E-state index in [-0.39, 0.29) is 0 Å². The number of halogens is 2. The van der Waals surface area contributed by atoms with Crippen LogP contribution < -0.4 is 15.0 Å². The minimum atomic E-state index is 0.566. The molecular weight excluding hydrogens is 271 g/mol. The van der Waals surface area contributed by atoms with E-state index in [1.165, 1.54) is 4.90 Å². The summed E-state index contributed by atoms with van der Waals surface area (Å²) in [7, 11) is 4.30. The third-order valence-corrected chi connectivity index (χ3v) is 3.14. The topological polar surface area (TPSA) is 30.3 Å². The molecule has 0 aliphatic carbocycles. The Hall–Kier alpha value is -0.480. The number of hydrogen-bond donors (Lipinski definition) is 2. The summed E-state index contributed by atoms with van der Waals surface area (Å²) in [5, 5.41) is 3.44. The minimum absolute atomic E-state index is 0.566. The first-order valence-electron chi connectivity index (χ1n) is 6.26. The lowest BCUT2D eigenvalue weighted by Crippen LogP contribution is -3.09. The third-order valence-electron chi connectivity index (χ3n) is 2.58. The summed E-state index contributed by atoms with van der Waals surface area (Å²) in [6.07, 6.45) is 0. The molecule has 0 bridgehead atoms. The molecule has 5 heteroatoms. The highest BCUT2D eigenvalue weighted by atomic mass is 35.5. The van der Waals surface area contributed by atoms with E-state index in [0.29, 0.717) is 22.4 Å². The number of benzene rings is 1. The van der Waals surface area contributed by atoms with Crippen LogP contribution in [-0.4, -0.2) is 33.8 Å². The molecule has 0 aliphatic rings. The largest absolute Gasteiger partial charge is 0.491 e.